The Morgan fingerprint density at radius 1 is 1.13 bits per heavy atom. The van der Waals surface area contributed by atoms with Crippen LogP contribution in [0.5, 0.6) is 0 Å². The van der Waals surface area contributed by atoms with Crippen molar-refractivity contribution in [3.05, 3.63) is 35.9 Å². The van der Waals surface area contributed by atoms with E-state index >= 15 is 0 Å². The Morgan fingerprint density at radius 3 is 2.43 bits per heavy atom. The lowest BCUT2D eigenvalue weighted by atomic mass is 9.93. The SMILES string of the molecule is CC(CN1CCC(C(=O)N2CCOCC2)CC1)c1ccccc1. The van der Waals surface area contributed by atoms with Gasteiger partial charge in [0.05, 0.1) is 13.2 Å². The van der Waals surface area contributed by atoms with Gasteiger partial charge in [0.15, 0.2) is 0 Å². The number of amides is 1. The summed E-state index contributed by atoms with van der Waals surface area (Å²) in [5, 5.41) is 0. The number of carbonyl (C=O) groups is 1. The van der Waals surface area contributed by atoms with E-state index in [1.807, 2.05) is 4.90 Å². The van der Waals surface area contributed by atoms with Gasteiger partial charge in [-0.3, -0.25) is 4.79 Å². The van der Waals surface area contributed by atoms with E-state index in [0.29, 0.717) is 25.0 Å². The maximum atomic E-state index is 12.6. The fraction of sp³-hybridized carbons (Fsp3) is 0.632. The summed E-state index contributed by atoms with van der Waals surface area (Å²) in [6.07, 6.45) is 2.00. The van der Waals surface area contributed by atoms with Crippen molar-refractivity contribution in [2.75, 3.05) is 45.9 Å². The number of carbonyl (C=O) groups excluding carboxylic acids is 1. The molecule has 4 heteroatoms. The number of morpholine rings is 1. The van der Waals surface area contributed by atoms with E-state index < -0.39 is 0 Å². The van der Waals surface area contributed by atoms with Crippen LogP contribution in [-0.4, -0.2) is 61.6 Å². The van der Waals surface area contributed by atoms with Crippen molar-refractivity contribution in [2.24, 2.45) is 5.92 Å². The molecule has 126 valence electrons. The molecule has 0 saturated carbocycles. The lowest BCUT2D eigenvalue weighted by Crippen LogP contribution is -2.47. The number of hydrogen-bond donors (Lipinski definition) is 0. The largest absolute Gasteiger partial charge is 0.378 e. The van der Waals surface area contributed by atoms with Crippen molar-refractivity contribution < 1.29 is 9.53 Å². The molecule has 2 aliphatic heterocycles. The Bertz CT molecular complexity index is 491. The smallest absolute Gasteiger partial charge is 0.225 e. The third kappa shape index (κ3) is 4.33. The minimum atomic E-state index is 0.219. The molecule has 0 bridgehead atoms. The molecule has 0 spiro atoms. The zero-order valence-corrected chi connectivity index (χ0v) is 14.1. The predicted molar refractivity (Wildman–Crippen MR) is 91.4 cm³/mol. The molecule has 2 aliphatic rings. The Labute approximate surface area is 139 Å². The molecule has 2 heterocycles. The van der Waals surface area contributed by atoms with E-state index in [0.717, 1.165) is 45.6 Å². The molecule has 1 unspecified atom stereocenters. The number of nitrogens with zero attached hydrogens (tertiary/aromatic N) is 2. The van der Waals surface area contributed by atoms with Crippen LogP contribution in [0.2, 0.25) is 0 Å². The molecule has 1 amide bonds. The highest BCUT2D eigenvalue weighted by Crippen LogP contribution is 2.23. The molecule has 0 aliphatic carbocycles. The van der Waals surface area contributed by atoms with Crippen LogP contribution in [0.25, 0.3) is 0 Å². The zero-order chi connectivity index (χ0) is 16.1. The second-order valence-corrected chi connectivity index (χ2v) is 6.82. The Morgan fingerprint density at radius 2 is 1.78 bits per heavy atom. The molecule has 2 saturated heterocycles. The first-order valence-corrected chi connectivity index (χ1v) is 8.88. The average Bonchev–Trinajstić information content (AvgIpc) is 2.63. The molecule has 2 fully saturated rings. The van der Waals surface area contributed by atoms with Crippen molar-refractivity contribution in [2.45, 2.75) is 25.7 Å². The second-order valence-electron chi connectivity index (χ2n) is 6.82. The van der Waals surface area contributed by atoms with E-state index in [2.05, 4.69) is 42.2 Å². The summed E-state index contributed by atoms with van der Waals surface area (Å²) in [6.45, 7) is 8.38. The van der Waals surface area contributed by atoms with Crippen molar-refractivity contribution in [1.29, 1.82) is 0 Å². The normalized spacial score (nSPS) is 22.0. The summed E-state index contributed by atoms with van der Waals surface area (Å²) in [4.78, 5) is 17.1. The third-order valence-corrected chi connectivity index (χ3v) is 5.16. The maximum absolute atomic E-state index is 12.6. The Kier molecular flexibility index (Phi) is 5.68. The van der Waals surface area contributed by atoms with E-state index in [9.17, 15) is 4.79 Å². The zero-order valence-electron chi connectivity index (χ0n) is 14.1. The number of piperidine rings is 1. The first-order valence-electron chi connectivity index (χ1n) is 8.88. The van der Waals surface area contributed by atoms with Crippen molar-refractivity contribution in [3.63, 3.8) is 0 Å². The molecule has 0 radical (unpaired) electrons. The molecule has 1 aromatic carbocycles. The van der Waals surface area contributed by atoms with Crippen molar-refractivity contribution in [1.82, 2.24) is 9.80 Å². The van der Waals surface area contributed by atoms with Crippen LogP contribution in [0.15, 0.2) is 30.3 Å². The van der Waals surface area contributed by atoms with Gasteiger partial charge in [0.2, 0.25) is 5.91 Å². The fourth-order valence-electron chi connectivity index (χ4n) is 3.68. The Hall–Kier alpha value is -1.39. The summed E-state index contributed by atoms with van der Waals surface area (Å²) < 4.78 is 5.34. The second kappa shape index (κ2) is 7.93. The highest BCUT2D eigenvalue weighted by Gasteiger charge is 2.29. The summed E-state index contributed by atoms with van der Waals surface area (Å²) in [6, 6.07) is 10.7. The summed E-state index contributed by atoms with van der Waals surface area (Å²) in [5.41, 5.74) is 1.40. The lowest BCUT2D eigenvalue weighted by Gasteiger charge is -2.36. The van der Waals surface area contributed by atoms with E-state index in [1.54, 1.807) is 0 Å². The van der Waals surface area contributed by atoms with E-state index in [-0.39, 0.29) is 5.92 Å². The molecular formula is C19H28N2O2. The van der Waals surface area contributed by atoms with Gasteiger partial charge in [-0.1, -0.05) is 37.3 Å². The lowest BCUT2D eigenvalue weighted by molar-refractivity contribution is -0.141. The van der Waals surface area contributed by atoms with Gasteiger partial charge >= 0.3 is 0 Å². The average molecular weight is 316 g/mol. The van der Waals surface area contributed by atoms with Gasteiger partial charge in [0.25, 0.3) is 0 Å². The molecular weight excluding hydrogens is 288 g/mol. The standard InChI is InChI=1S/C19H28N2O2/c1-16(17-5-3-2-4-6-17)15-20-9-7-18(8-10-20)19(22)21-11-13-23-14-12-21/h2-6,16,18H,7-15H2,1H3. The van der Waals surface area contributed by atoms with Gasteiger partial charge in [-0.25, -0.2) is 0 Å². The van der Waals surface area contributed by atoms with Crippen LogP contribution in [-0.2, 0) is 9.53 Å². The van der Waals surface area contributed by atoms with Gasteiger partial charge in [-0.15, -0.1) is 0 Å². The topological polar surface area (TPSA) is 32.8 Å². The van der Waals surface area contributed by atoms with Crippen molar-refractivity contribution >= 4 is 5.91 Å². The first-order chi connectivity index (χ1) is 11.2. The van der Waals surface area contributed by atoms with Crippen LogP contribution in [0.4, 0.5) is 0 Å². The highest BCUT2D eigenvalue weighted by molar-refractivity contribution is 5.79. The Balaban J connectivity index is 1.45. The summed E-state index contributed by atoms with van der Waals surface area (Å²) in [5.74, 6) is 1.11. The molecule has 1 atom stereocenters. The van der Waals surface area contributed by atoms with Gasteiger partial charge < -0.3 is 14.5 Å². The van der Waals surface area contributed by atoms with Crippen LogP contribution in [0.3, 0.4) is 0 Å². The molecule has 1 aromatic rings. The van der Waals surface area contributed by atoms with Gasteiger partial charge in [-0.2, -0.15) is 0 Å². The first kappa shape index (κ1) is 16.5. The van der Waals surface area contributed by atoms with Crippen LogP contribution in [0, 0.1) is 5.92 Å². The van der Waals surface area contributed by atoms with Crippen molar-refractivity contribution in [3.8, 4) is 0 Å². The minimum Gasteiger partial charge on any atom is -0.378 e. The van der Waals surface area contributed by atoms with E-state index in [4.69, 9.17) is 4.74 Å². The summed E-state index contributed by atoms with van der Waals surface area (Å²) >= 11 is 0. The van der Waals surface area contributed by atoms with Gasteiger partial charge in [0.1, 0.15) is 0 Å². The quantitative estimate of drug-likeness (QED) is 0.855. The monoisotopic (exact) mass is 316 g/mol. The molecule has 4 nitrogen and oxygen atoms in total. The highest BCUT2D eigenvalue weighted by atomic mass is 16.5. The van der Waals surface area contributed by atoms with Crippen LogP contribution in [0.1, 0.15) is 31.2 Å². The number of rotatable bonds is 4. The minimum absolute atomic E-state index is 0.219. The number of benzene rings is 1. The predicted octanol–water partition coefficient (Wildman–Crippen LogP) is 2.36. The maximum Gasteiger partial charge on any atom is 0.225 e. The van der Waals surface area contributed by atoms with Gasteiger partial charge in [-0.05, 0) is 37.4 Å². The molecule has 0 N–H and O–H groups in total. The summed E-state index contributed by atoms with van der Waals surface area (Å²) in [7, 11) is 0. The van der Waals surface area contributed by atoms with Gasteiger partial charge in [0, 0.05) is 25.6 Å². The van der Waals surface area contributed by atoms with Crippen LogP contribution < -0.4 is 0 Å². The van der Waals surface area contributed by atoms with E-state index in [1.165, 1.54) is 5.56 Å². The number of likely N-dealkylation sites (tertiary alicyclic amines) is 1. The van der Waals surface area contributed by atoms with Crippen LogP contribution >= 0.6 is 0 Å². The number of ether oxygens (including phenoxy) is 1. The molecule has 23 heavy (non-hydrogen) atoms. The fourth-order valence-corrected chi connectivity index (χ4v) is 3.68. The third-order valence-electron chi connectivity index (χ3n) is 5.16. The molecule has 3 rings (SSSR count). The molecule has 0 aromatic heterocycles. The number of hydrogen-bond acceptors (Lipinski definition) is 3.